The van der Waals surface area contributed by atoms with Gasteiger partial charge in [0.25, 0.3) is 5.92 Å². The molecule has 38 heavy (non-hydrogen) atoms. The Balaban J connectivity index is 0.000000181. The number of rotatable bonds is 3. The molecule has 3 heterocycles. The van der Waals surface area contributed by atoms with Crippen LogP contribution in [0.3, 0.4) is 0 Å². The highest BCUT2D eigenvalue weighted by molar-refractivity contribution is 5.49. The summed E-state index contributed by atoms with van der Waals surface area (Å²) >= 11 is 0. The fourth-order valence-electron chi connectivity index (χ4n) is 5.50. The first-order chi connectivity index (χ1) is 18.0. The zero-order chi connectivity index (χ0) is 27.4. The Morgan fingerprint density at radius 3 is 1.79 bits per heavy atom. The average molecular weight is 530 g/mol. The highest BCUT2D eigenvalue weighted by atomic mass is 19.3. The quantitative estimate of drug-likeness (QED) is 0.490. The largest absolute Gasteiger partial charge is 0.488 e. The fourth-order valence-corrected chi connectivity index (χ4v) is 5.50. The first kappa shape index (κ1) is 28.6. The Labute approximate surface area is 227 Å². The first-order valence-corrected chi connectivity index (χ1v) is 14.0. The summed E-state index contributed by atoms with van der Waals surface area (Å²) in [6, 6.07) is 14.6. The number of hydrogen-bond acceptors (Lipinski definition) is 5. The Bertz CT molecular complexity index is 1030. The van der Waals surface area contributed by atoms with E-state index in [0.717, 1.165) is 30.3 Å². The monoisotopic (exact) mass is 529 g/mol. The van der Waals surface area contributed by atoms with Gasteiger partial charge in [0, 0.05) is 45.0 Å². The molecule has 2 saturated heterocycles. The van der Waals surface area contributed by atoms with E-state index in [9.17, 15) is 8.78 Å². The van der Waals surface area contributed by atoms with Gasteiger partial charge < -0.3 is 19.3 Å². The van der Waals surface area contributed by atoms with Crippen molar-refractivity contribution in [2.45, 2.75) is 45.5 Å². The Hall–Kier alpha value is -2.38. The number of nitrogens with zero attached hydrogens (tertiary/aromatic N) is 3. The topological polar surface area (TPSA) is 28.2 Å². The predicted octanol–water partition coefficient (Wildman–Crippen LogP) is 5.96. The lowest BCUT2D eigenvalue weighted by atomic mass is 9.80. The van der Waals surface area contributed by atoms with E-state index in [1.54, 1.807) is 0 Å². The van der Waals surface area contributed by atoms with Gasteiger partial charge in [0.2, 0.25) is 0 Å². The molecule has 0 aromatic heterocycles. The summed E-state index contributed by atoms with van der Waals surface area (Å²) in [5.41, 5.74) is 3.66. The van der Waals surface area contributed by atoms with Crippen molar-refractivity contribution in [2.75, 3.05) is 71.5 Å². The molecular formula is C31H45F2N3O2. The third kappa shape index (κ3) is 6.78. The van der Waals surface area contributed by atoms with E-state index in [0.29, 0.717) is 51.2 Å². The van der Waals surface area contributed by atoms with E-state index < -0.39 is 17.8 Å². The van der Waals surface area contributed by atoms with Gasteiger partial charge >= 0.3 is 0 Å². The molecular weight excluding hydrogens is 484 g/mol. The number of fused-ring (bicyclic) bond motifs is 3. The van der Waals surface area contributed by atoms with Crippen LogP contribution in [0.2, 0.25) is 0 Å². The molecule has 7 heteroatoms. The van der Waals surface area contributed by atoms with Crippen molar-refractivity contribution in [1.29, 1.82) is 0 Å². The molecule has 0 N–H and O–H groups in total. The standard InChI is InChI=1S/C17H24F2N2.C14H21NO2/c1-12(2)13-4-6-16(7-5-13)21-10-14-8-20(3)9-15(11-21)17(14,18)19;1-11(2)12-4-5-13-14(10-12)17-9-7-15(3)6-8-16-13/h4-7,12,14-15H,8-11H2,1-3H3;4-5,10-11H,6-9H2,1-3H3. The van der Waals surface area contributed by atoms with Crippen LogP contribution in [0.1, 0.15) is 50.7 Å². The number of anilines is 1. The van der Waals surface area contributed by atoms with E-state index in [-0.39, 0.29) is 0 Å². The number of likely N-dealkylation sites (N-methyl/N-ethyl adjacent to an activating group) is 1. The minimum Gasteiger partial charge on any atom is -0.488 e. The van der Waals surface area contributed by atoms with Crippen LogP contribution >= 0.6 is 0 Å². The summed E-state index contributed by atoms with van der Waals surface area (Å²) in [6.45, 7) is 13.9. The number of hydrogen-bond donors (Lipinski definition) is 0. The smallest absolute Gasteiger partial charge is 0.259 e. The molecule has 2 aromatic carbocycles. The SMILES string of the molecule is CC(C)c1ccc(N2CC3CN(C)CC(C2)C3(F)F)cc1.CC(C)c1ccc2c(c1)OCCN(C)CCO2. The molecule has 2 fully saturated rings. The highest BCUT2D eigenvalue weighted by Crippen LogP contribution is 2.43. The number of alkyl halides is 2. The van der Waals surface area contributed by atoms with Crippen LogP contribution in [-0.4, -0.2) is 82.3 Å². The number of piperidine rings is 2. The summed E-state index contributed by atoms with van der Waals surface area (Å²) in [4.78, 5) is 6.41. The number of halogens is 2. The lowest BCUT2D eigenvalue weighted by Gasteiger charge is -2.50. The lowest BCUT2D eigenvalue weighted by Crippen LogP contribution is -2.63. The van der Waals surface area contributed by atoms with Crippen molar-refractivity contribution in [3.05, 3.63) is 53.6 Å². The van der Waals surface area contributed by atoms with Crippen molar-refractivity contribution < 1.29 is 18.3 Å². The molecule has 3 aliphatic rings. The maximum absolute atomic E-state index is 14.3. The maximum Gasteiger partial charge on any atom is 0.259 e. The first-order valence-electron chi connectivity index (χ1n) is 14.0. The van der Waals surface area contributed by atoms with E-state index in [1.165, 1.54) is 11.1 Å². The Morgan fingerprint density at radius 2 is 1.24 bits per heavy atom. The molecule has 0 amide bonds. The van der Waals surface area contributed by atoms with Gasteiger partial charge in [-0.3, -0.25) is 4.90 Å². The molecule has 0 radical (unpaired) electrons. The van der Waals surface area contributed by atoms with Gasteiger partial charge in [-0.1, -0.05) is 45.9 Å². The second-order valence-corrected chi connectivity index (χ2v) is 11.8. The van der Waals surface area contributed by atoms with Crippen LogP contribution in [0, 0.1) is 11.8 Å². The third-order valence-corrected chi connectivity index (χ3v) is 8.05. The summed E-state index contributed by atoms with van der Waals surface area (Å²) in [5, 5.41) is 0. The lowest BCUT2D eigenvalue weighted by molar-refractivity contribution is -0.153. The number of ether oxygens (including phenoxy) is 2. The summed E-state index contributed by atoms with van der Waals surface area (Å²) in [6.07, 6.45) is 0. The molecule has 2 bridgehead atoms. The molecule has 2 unspecified atom stereocenters. The van der Waals surface area contributed by atoms with E-state index in [4.69, 9.17) is 9.47 Å². The Morgan fingerprint density at radius 1 is 0.711 bits per heavy atom. The summed E-state index contributed by atoms with van der Waals surface area (Å²) in [5.74, 6) is -0.867. The molecule has 5 rings (SSSR count). The normalized spacial score (nSPS) is 23.8. The maximum atomic E-state index is 14.3. The van der Waals surface area contributed by atoms with Crippen molar-refractivity contribution in [3.63, 3.8) is 0 Å². The zero-order valence-corrected chi connectivity index (χ0v) is 23.9. The number of likely N-dealkylation sites (tertiary alicyclic amines) is 1. The summed E-state index contributed by atoms with van der Waals surface area (Å²) < 4.78 is 40.1. The molecule has 0 spiro atoms. The fraction of sp³-hybridized carbons (Fsp3) is 0.613. The van der Waals surface area contributed by atoms with Crippen molar-refractivity contribution in [3.8, 4) is 11.5 Å². The van der Waals surface area contributed by atoms with E-state index >= 15 is 0 Å². The minimum atomic E-state index is -2.51. The third-order valence-electron chi connectivity index (χ3n) is 8.05. The van der Waals surface area contributed by atoms with Gasteiger partial charge in [0.15, 0.2) is 11.5 Å². The molecule has 0 aliphatic carbocycles. The van der Waals surface area contributed by atoms with Gasteiger partial charge in [-0.15, -0.1) is 0 Å². The second-order valence-electron chi connectivity index (χ2n) is 11.8. The van der Waals surface area contributed by atoms with Crippen molar-refractivity contribution in [1.82, 2.24) is 9.80 Å². The average Bonchev–Trinajstić information content (AvgIpc) is 2.94. The van der Waals surface area contributed by atoms with Crippen LogP contribution in [0.5, 0.6) is 11.5 Å². The highest BCUT2D eigenvalue weighted by Gasteiger charge is 2.54. The number of benzene rings is 2. The minimum absolute atomic E-state index is 0.453. The zero-order valence-electron chi connectivity index (χ0n) is 23.9. The van der Waals surface area contributed by atoms with Gasteiger partial charge in [-0.05, 0) is 61.3 Å². The molecule has 210 valence electrons. The van der Waals surface area contributed by atoms with Crippen molar-refractivity contribution >= 4 is 5.69 Å². The molecule has 3 aliphatic heterocycles. The second kappa shape index (κ2) is 12.2. The Kier molecular flexibility index (Phi) is 9.19. The molecule has 0 saturated carbocycles. The van der Waals surface area contributed by atoms with Gasteiger partial charge in [-0.2, -0.15) is 0 Å². The van der Waals surface area contributed by atoms with Gasteiger partial charge in [0.05, 0.1) is 11.8 Å². The summed E-state index contributed by atoms with van der Waals surface area (Å²) in [7, 11) is 4.03. The predicted molar refractivity (Wildman–Crippen MR) is 151 cm³/mol. The van der Waals surface area contributed by atoms with Crippen molar-refractivity contribution in [2.24, 2.45) is 11.8 Å². The van der Waals surface area contributed by atoms with Crippen LogP contribution in [-0.2, 0) is 0 Å². The van der Waals surface area contributed by atoms with Crippen LogP contribution in [0.4, 0.5) is 14.5 Å². The molecule has 2 aromatic rings. The van der Waals surface area contributed by atoms with Gasteiger partial charge in [-0.25, -0.2) is 8.78 Å². The molecule has 5 nitrogen and oxygen atoms in total. The van der Waals surface area contributed by atoms with Crippen LogP contribution in [0.15, 0.2) is 42.5 Å². The van der Waals surface area contributed by atoms with Gasteiger partial charge in [0.1, 0.15) is 13.2 Å². The van der Waals surface area contributed by atoms with E-state index in [2.05, 4.69) is 80.9 Å². The van der Waals surface area contributed by atoms with E-state index in [1.807, 2.05) is 18.0 Å². The van der Waals surface area contributed by atoms with Crippen LogP contribution < -0.4 is 14.4 Å². The van der Waals surface area contributed by atoms with Crippen LogP contribution in [0.25, 0.3) is 0 Å². The molecule has 2 atom stereocenters.